The molecule has 1 aromatic heterocycles. The summed E-state index contributed by atoms with van der Waals surface area (Å²) < 4.78 is 12.6. The van der Waals surface area contributed by atoms with Crippen molar-refractivity contribution in [1.29, 1.82) is 0 Å². The van der Waals surface area contributed by atoms with Gasteiger partial charge in [0, 0.05) is 39.3 Å². The predicted molar refractivity (Wildman–Crippen MR) is 130 cm³/mol. The van der Waals surface area contributed by atoms with Gasteiger partial charge in [0.25, 0.3) is 5.56 Å². The second-order valence-corrected chi connectivity index (χ2v) is 9.58. The third-order valence-corrected chi connectivity index (χ3v) is 7.02. The molecule has 2 atom stereocenters. The van der Waals surface area contributed by atoms with Crippen LogP contribution in [0.15, 0.2) is 34.2 Å². The number of nitrogens with one attached hydrogen (secondary N) is 2. The van der Waals surface area contributed by atoms with E-state index in [1.165, 1.54) is 11.8 Å². The topological polar surface area (TPSA) is 112 Å². The molecule has 4 rings (SSSR count). The van der Waals surface area contributed by atoms with Gasteiger partial charge in [0.05, 0.1) is 28.9 Å². The van der Waals surface area contributed by atoms with Gasteiger partial charge in [0.2, 0.25) is 11.8 Å². The number of para-hydroxylation sites is 1. The summed E-state index contributed by atoms with van der Waals surface area (Å²) in [7, 11) is 0. The highest BCUT2D eigenvalue weighted by molar-refractivity contribution is 7.99. The molecule has 0 unspecified atom stereocenters. The van der Waals surface area contributed by atoms with E-state index >= 15 is 0 Å². The Morgan fingerprint density at radius 2 is 1.71 bits per heavy atom. The normalized spacial score (nSPS) is 20.0. The van der Waals surface area contributed by atoms with Crippen molar-refractivity contribution in [3.8, 4) is 0 Å². The van der Waals surface area contributed by atoms with E-state index < -0.39 is 0 Å². The van der Waals surface area contributed by atoms with Crippen molar-refractivity contribution in [3.63, 3.8) is 0 Å². The van der Waals surface area contributed by atoms with E-state index in [9.17, 15) is 14.4 Å². The predicted octanol–water partition coefficient (Wildman–Crippen LogP) is 1.86. The molecule has 2 N–H and O–H groups in total. The number of hydrogen-bond donors (Lipinski definition) is 2. The maximum absolute atomic E-state index is 13.1. The van der Waals surface area contributed by atoms with Crippen molar-refractivity contribution < 1.29 is 19.1 Å². The Labute approximate surface area is 203 Å². The number of nitrogens with zero attached hydrogens (tertiary/aromatic N) is 2. The number of benzene rings is 1. The minimum atomic E-state index is -0.160. The van der Waals surface area contributed by atoms with Crippen LogP contribution in [-0.2, 0) is 25.6 Å². The van der Waals surface area contributed by atoms with Crippen LogP contribution < -0.4 is 16.2 Å². The lowest BCUT2D eigenvalue weighted by atomic mass is 10.2. The van der Waals surface area contributed by atoms with E-state index in [-0.39, 0.29) is 35.3 Å². The molecule has 184 valence electrons. The average molecular weight is 489 g/mol. The van der Waals surface area contributed by atoms with E-state index in [2.05, 4.69) is 15.6 Å². The third kappa shape index (κ3) is 6.80. The average Bonchev–Trinajstić information content (AvgIpc) is 3.56. The number of amides is 2. The van der Waals surface area contributed by atoms with Crippen LogP contribution in [0.2, 0.25) is 0 Å². The van der Waals surface area contributed by atoms with Gasteiger partial charge in [-0.25, -0.2) is 4.98 Å². The highest BCUT2D eigenvalue weighted by Crippen LogP contribution is 2.19. The second kappa shape index (κ2) is 12.3. The SMILES string of the molecule is O=C(CCCn1c(SCC(=O)NC[C@H]2CCCO2)nc2ccccc2c1=O)NC[C@H]1CCCO1. The Morgan fingerprint density at radius 3 is 2.38 bits per heavy atom. The number of thioether (sulfide) groups is 1. The molecule has 10 heteroatoms. The van der Waals surface area contributed by atoms with Crippen molar-refractivity contribution in [3.05, 3.63) is 34.6 Å². The monoisotopic (exact) mass is 488 g/mol. The fourth-order valence-corrected chi connectivity index (χ4v) is 5.04. The van der Waals surface area contributed by atoms with Gasteiger partial charge in [-0.3, -0.25) is 19.0 Å². The number of carbonyl (C=O) groups excluding carboxylic acids is 2. The molecule has 2 amide bonds. The summed E-state index contributed by atoms with van der Waals surface area (Å²) in [5, 5.41) is 6.82. The van der Waals surface area contributed by atoms with Crippen LogP contribution in [-0.4, -0.2) is 65.6 Å². The molecule has 0 saturated carbocycles. The summed E-state index contributed by atoms with van der Waals surface area (Å²) in [6.45, 7) is 2.88. The Bertz CT molecular complexity index is 1050. The summed E-state index contributed by atoms with van der Waals surface area (Å²) in [5.41, 5.74) is 0.438. The number of hydrogen-bond acceptors (Lipinski definition) is 7. The Kier molecular flexibility index (Phi) is 8.95. The van der Waals surface area contributed by atoms with Gasteiger partial charge in [-0.1, -0.05) is 23.9 Å². The van der Waals surface area contributed by atoms with Gasteiger partial charge in [-0.05, 0) is 44.2 Å². The van der Waals surface area contributed by atoms with Crippen molar-refractivity contribution in [1.82, 2.24) is 20.2 Å². The van der Waals surface area contributed by atoms with Crippen LogP contribution in [0.1, 0.15) is 38.5 Å². The van der Waals surface area contributed by atoms with E-state index in [4.69, 9.17) is 9.47 Å². The van der Waals surface area contributed by atoms with E-state index in [1.54, 1.807) is 22.8 Å². The Morgan fingerprint density at radius 1 is 1.03 bits per heavy atom. The summed E-state index contributed by atoms with van der Waals surface area (Å²) in [4.78, 5) is 42.4. The van der Waals surface area contributed by atoms with E-state index in [0.717, 1.165) is 38.9 Å². The molecule has 2 saturated heterocycles. The molecule has 0 spiro atoms. The number of carbonyl (C=O) groups is 2. The molecule has 0 bridgehead atoms. The van der Waals surface area contributed by atoms with Crippen LogP contribution in [0.4, 0.5) is 0 Å². The fraction of sp³-hybridized carbons (Fsp3) is 0.583. The Hall–Kier alpha value is -2.43. The highest BCUT2D eigenvalue weighted by atomic mass is 32.2. The largest absolute Gasteiger partial charge is 0.376 e. The summed E-state index contributed by atoms with van der Waals surface area (Å²) in [5.74, 6) is -0.0256. The highest BCUT2D eigenvalue weighted by Gasteiger charge is 2.18. The van der Waals surface area contributed by atoms with Gasteiger partial charge in [0.1, 0.15) is 0 Å². The van der Waals surface area contributed by atoms with Crippen LogP contribution in [0.5, 0.6) is 0 Å². The molecule has 9 nitrogen and oxygen atoms in total. The molecule has 34 heavy (non-hydrogen) atoms. The van der Waals surface area contributed by atoms with Crippen LogP contribution >= 0.6 is 11.8 Å². The number of rotatable bonds is 11. The van der Waals surface area contributed by atoms with Gasteiger partial charge in [-0.15, -0.1) is 0 Å². The Balaban J connectivity index is 1.35. The summed E-state index contributed by atoms with van der Waals surface area (Å²) in [6.07, 6.45) is 4.97. The van der Waals surface area contributed by atoms with E-state index in [0.29, 0.717) is 48.5 Å². The molecule has 2 aromatic rings. The van der Waals surface area contributed by atoms with Crippen molar-refractivity contribution in [2.45, 2.75) is 62.4 Å². The van der Waals surface area contributed by atoms with Gasteiger partial charge in [0.15, 0.2) is 5.16 Å². The number of aromatic nitrogens is 2. The standard InChI is InChI=1S/C24H32N4O5S/c29-21(25-14-17-6-4-12-32-17)10-3-11-28-23(31)19-8-1-2-9-20(19)27-24(28)34-16-22(30)26-15-18-7-5-13-33-18/h1-2,8-9,17-18H,3-7,10-16H2,(H,25,29)(H,26,30)/t17-,18-/m1/s1. The van der Waals surface area contributed by atoms with Gasteiger partial charge in [-0.2, -0.15) is 0 Å². The zero-order chi connectivity index (χ0) is 23.8. The lowest BCUT2D eigenvalue weighted by Crippen LogP contribution is -2.33. The zero-order valence-electron chi connectivity index (χ0n) is 19.3. The van der Waals surface area contributed by atoms with Gasteiger partial charge >= 0.3 is 0 Å². The van der Waals surface area contributed by atoms with Crippen LogP contribution in [0.25, 0.3) is 10.9 Å². The van der Waals surface area contributed by atoms with Gasteiger partial charge < -0.3 is 20.1 Å². The number of fused-ring (bicyclic) bond motifs is 1. The maximum atomic E-state index is 13.1. The minimum Gasteiger partial charge on any atom is -0.376 e. The molecule has 2 fully saturated rings. The smallest absolute Gasteiger partial charge is 0.262 e. The molecule has 0 aliphatic carbocycles. The number of ether oxygens (including phenoxy) is 2. The van der Waals surface area contributed by atoms with Crippen LogP contribution in [0.3, 0.4) is 0 Å². The summed E-state index contributed by atoms with van der Waals surface area (Å²) >= 11 is 1.23. The minimum absolute atomic E-state index is 0.0555. The van der Waals surface area contributed by atoms with Crippen molar-refractivity contribution in [2.24, 2.45) is 0 Å². The summed E-state index contributed by atoms with van der Waals surface area (Å²) in [6, 6.07) is 7.18. The van der Waals surface area contributed by atoms with Crippen molar-refractivity contribution >= 4 is 34.5 Å². The zero-order valence-corrected chi connectivity index (χ0v) is 20.1. The lowest BCUT2D eigenvalue weighted by Gasteiger charge is -2.14. The molecule has 2 aliphatic rings. The van der Waals surface area contributed by atoms with Crippen molar-refractivity contribution in [2.75, 3.05) is 32.1 Å². The third-order valence-electron chi connectivity index (χ3n) is 6.05. The first kappa shape index (κ1) is 24.7. The molecule has 1 aromatic carbocycles. The molecular weight excluding hydrogens is 456 g/mol. The van der Waals surface area contributed by atoms with E-state index in [1.807, 2.05) is 6.07 Å². The fourth-order valence-electron chi connectivity index (χ4n) is 4.19. The molecule has 3 heterocycles. The van der Waals surface area contributed by atoms with Crippen LogP contribution in [0, 0.1) is 0 Å². The molecule has 2 aliphatic heterocycles. The quantitative estimate of drug-likeness (QED) is 0.367. The molecular formula is C24H32N4O5S. The first-order valence-electron chi connectivity index (χ1n) is 12.0. The maximum Gasteiger partial charge on any atom is 0.262 e. The second-order valence-electron chi connectivity index (χ2n) is 8.64. The lowest BCUT2D eigenvalue weighted by molar-refractivity contribution is -0.121. The molecule has 0 radical (unpaired) electrons. The first-order valence-corrected chi connectivity index (χ1v) is 13.0. The first-order chi connectivity index (χ1) is 16.6.